The minimum atomic E-state index is -0.488. The topological polar surface area (TPSA) is 85.3 Å². The molecule has 3 rings (SSSR count). The van der Waals surface area contributed by atoms with Gasteiger partial charge in [0.2, 0.25) is 0 Å². The molecule has 7 heteroatoms. The number of nitrogens with one attached hydrogen (secondary N) is 1. The number of hydrazone groups is 1. The third-order valence-corrected chi connectivity index (χ3v) is 3.92. The Bertz CT molecular complexity index is 958. The lowest BCUT2D eigenvalue weighted by atomic mass is 10.1. The molecular weight excluding hydrogens is 318 g/mol. The Hall–Kier alpha value is -3.48. The number of pyridine rings is 1. The van der Waals surface area contributed by atoms with Crippen LogP contribution in [0, 0.1) is 17.0 Å². The summed E-state index contributed by atoms with van der Waals surface area (Å²) in [6.07, 6.45) is 4.79. The van der Waals surface area contributed by atoms with E-state index >= 15 is 0 Å². The zero-order chi connectivity index (χ0) is 17.8. The van der Waals surface area contributed by atoms with E-state index in [2.05, 4.69) is 32.7 Å². The standard InChI is InChI=1S/C18H17N5O2/c1-3-10-22-13(2)16(15-6-4-5-7-17(15)22)12-20-21-18-9-8-14(11-19-18)23(24)25/h3-9,11-12H,1,10H2,2H3,(H,19,21). The van der Waals surface area contributed by atoms with Crippen LogP contribution in [-0.4, -0.2) is 20.7 Å². The highest BCUT2D eigenvalue weighted by atomic mass is 16.6. The molecule has 0 amide bonds. The van der Waals surface area contributed by atoms with Crippen LogP contribution in [0.15, 0.2) is 60.4 Å². The van der Waals surface area contributed by atoms with E-state index in [1.807, 2.05) is 31.2 Å². The number of benzene rings is 1. The smallest absolute Gasteiger partial charge is 0.287 e. The lowest BCUT2D eigenvalue weighted by Crippen LogP contribution is -1.99. The average molecular weight is 335 g/mol. The van der Waals surface area contributed by atoms with Crippen LogP contribution in [-0.2, 0) is 6.54 Å². The third kappa shape index (κ3) is 3.25. The van der Waals surface area contributed by atoms with Crippen LogP contribution in [0.25, 0.3) is 10.9 Å². The van der Waals surface area contributed by atoms with Crippen LogP contribution in [0.4, 0.5) is 11.5 Å². The maximum Gasteiger partial charge on any atom is 0.287 e. The maximum atomic E-state index is 10.6. The Balaban J connectivity index is 1.87. The van der Waals surface area contributed by atoms with Gasteiger partial charge in [-0.3, -0.25) is 15.5 Å². The Labute approximate surface area is 144 Å². The summed E-state index contributed by atoms with van der Waals surface area (Å²) >= 11 is 0. The molecule has 0 aliphatic rings. The predicted octanol–water partition coefficient (Wildman–Crippen LogP) is 3.88. The first-order chi connectivity index (χ1) is 12.1. The SMILES string of the molecule is C=CCn1c(C)c(C=NNc2ccc([N+](=O)[O-])cn2)c2ccccc21. The number of allylic oxidation sites excluding steroid dienone is 1. The van der Waals surface area contributed by atoms with E-state index in [-0.39, 0.29) is 5.69 Å². The second-order valence-corrected chi connectivity index (χ2v) is 5.44. The summed E-state index contributed by atoms with van der Waals surface area (Å²) in [5.74, 6) is 0.439. The lowest BCUT2D eigenvalue weighted by molar-refractivity contribution is -0.385. The van der Waals surface area contributed by atoms with Gasteiger partial charge in [-0.15, -0.1) is 6.58 Å². The monoisotopic (exact) mass is 335 g/mol. The quantitative estimate of drug-likeness (QED) is 0.320. The zero-order valence-electron chi connectivity index (χ0n) is 13.7. The summed E-state index contributed by atoms with van der Waals surface area (Å²) in [5.41, 5.74) is 5.95. The fourth-order valence-electron chi connectivity index (χ4n) is 2.71. The Kier molecular flexibility index (Phi) is 4.56. The molecule has 0 bridgehead atoms. The molecule has 126 valence electrons. The van der Waals surface area contributed by atoms with Gasteiger partial charge in [0.25, 0.3) is 5.69 Å². The van der Waals surface area contributed by atoms with Gasteiger partial charge in [-0.1, -0.05) is 24.3 Å². The minimum absolute atomic E-state index is 0.0575. The molecule has 0 radical (unpaired) electrons. The van der Waals surface area contributed by atoms with Crippen molar-refractivity contribution in [2.45, 2.75) is 13.5 Å². The fourth-order valence-corrected chi connectivity index (χ4v) is 2.71. The molecule has 2 aromatic heterocycles. The van der Waals surface area contributed by atoms with Gasteiger partial charge in [-0.25, -0.2) is 4.98 Å². The van der Waals surface area contributed by atoms with Crippen molar-refractivity contribution < 1.29 is 4.92 Å². The highest BCUT2D eigenvalue weighted by Gasteiger charge is 2.11. The molecule has 0 spiro atoms. The van der Waals surface area contributed by atoms with Gasteiger partial charge in [0.1, 0.15) is 12.0 Å². The summed E-state index contributed by atoms with van der Waals surface area (Å²) < 4.78 is 2.17. The first-order valence-corrected chi connectivity index (χ1v) is 7.70. The number of hydrogen-bond donors (Lipinski definition) is 1. The summed E-state index contributed by atoms with van der Waals surface area (Å²) in [5, 5.41) is 16.0. The molecule has 0 aliphatic heterocycles. The van der Waals surface area contributed by atoms with E-state index in [9.17, 15) is 10.1 Å². The van der Waals surface area contributed by atoms with Crippen LogP contribution in [0.2, 0.25) is 0 Å². The van der Waals surface area contributed by atoms with Crippen LogP contribution >= 0.6 is 0 Å². The molecule has 0 atom stereocenters. The van der Waals surface area contributed by atoms with Crippen LogP contribution in [0.5, 0.6) is 0 Å². The number of hydrogen-bond acceptors (Lipinski definition) is 5. The second-order valence-electron chi connectivity index (χ2n) is 5.44. The largest absolute Gasteiger partial charge is 0.340 e. The molecule has 7 nitrogen and oxygen atoms in total. The Morgan fingerprint density at radius 3 is 2.84 bits per heavy atom. The van der Waals surface area contributed by atoms with E-state index in [0.717, 1.165) is 28.7 Å². The van der Waals surface area contributed by atoms with Crippen molar-refractivity contribution in [1.82, 2.24) is 9.55 Å². The Morgan fingerprint density at radius 1 is 1.36 bits per heavy atom. The molecule has 0 unspecified atom stereocenters. The number of aromatic nitrogens is 2. The average Bonchev–Trinajstić information content (AvgIpc) is 2.88. The number of anilines is 1. The highest BCUT2D eigenvalue weighted by molar-refractivity contribution is 6.01. The number of para-hydroxylation sites is 1. The van der Waals surface area contributed by atoms with Gasteiger partial charge in [-0.05, 0) is 19.1 Å². The van der Waals surface area contributed by atoms with Gasteiger partial charge >= 0.3 is 0 Å². The molecule has 0 saturated heterocycles. The van der Waals surface area contributed by atoms with Gasteiger partial charge < -0.3 is 4.57 Å². The van der Waals surface area contributed by atoms with E-state index in [4.69, 9.17) is 0 Å². The summed E-state index contributed by atoms with van der Waals surface area (Å²) in [4.78, 5) is 14.1. The summed E-state index contributed by atoms with van der Waals surface area (Å²) in [6.45, 7) is 6.57. The first-order valence-electron chi connectivity index (χ1n) is 7.70. The van der Waals surface area contributed by atoms with E-state index in [0.29, 0.717) is 5.82 Å². The maximum absolute atomic E-state index is 10.6. The summed E-state index contributed by atoms with van der Waals surface area (Å²) in [7, 11) is 0. The molecule has 2 heterocycles. The normalized spacial score (nSPS) is 11.1. The van der Waals surface area contributed by atoms with Gasteiger partial charge in [0, 0.05) is 34.8 Å². The highest BCUT2D eigenvalue weighted by Crippen LogP contribution is 2.24. The van der Waals surface area contributed by atoms with Gasteiger partial charge in [-0.2, -0.15) is 5.10 Å². The van der Waals surface area contributed by atoms with Crippen molar-refractivity contribution in [2.75, 3.05) is 5.43 Å². The molecular formula is C18H17N5O2. The molecule has 3 aromatic rings. The predicted molar refractivity (Wildman–Crippen MR) is 99.0 cm³/mol. The van der Waals surface area contributed by atoms with Crippen molar-refractivity contribution >= 4 is 28.6 Å². The van der Waals surface area contributed by atoms with Crippen molar-refractivity contribution in [2.24, 2.45) is 5.10 Å². The van der Waals surface area contributed by atoms with Crippen LogP contribution in [0.1, 0.15) is 11.3 Å². The van der Waals surface area contributed by atoms with Crippen molar-refractivity contribution in [1.29, 1.82) is 0 Å². The molecule has 25 heavy (non-hydrogen) atoms. The number of rotatable bonds is 6. The minimum Gasteiger partial charge on any atom is -0.340 e. The fraction of sp³-hybridized carbons (Fsp3) is 0.111. The van der Waals surface area contributed by atoms with Crippen LogP contribution < -0.4 is 5.43 Å². The zero-order valence-corrected chi connectivity index (χ0v) is 13.7. The first kappa shape index (κ1) is 16.4. The number of nitrogens with zero attached hydrogens (tertiary/aromatic N) is 4. The molecule has 1 aromatic carbocycles. The van der Waals surface area contributed by atoms with E-state index < -0.39 is 4.92 Å². The van der Waals surface area contributed by atoms with Crippen molar-refractivity contribution in [3.05, 3.63) is 76.6 Å². The van der Waals surface area contributed by atoms with Crippen LogP contribution in [0.3, 0.4) is 0 Å². The summed E-state index contributed by atoms with van der Waals surface area (Å²) in [6, 6.07) is 11.0. The third-order valence-electron chi connectivity index (χ3n) is 3.92. The van der Waals surface area contributed by atoms with Gasteiger partial charge in [0.15, 0.2) is 0 Å². The molecule has 0 fully saturated rings. The van der Waals surface area contributed by atoms with Crippen molar-refractivity contribution in [3.8, 4) is 0 Å². The molecule has 0 saturated carbocycles. The van der Waals surface area contributed by atoms with Crippen molar-refractivity contribution in [3.63, 3.8) is 0 Å². The van der Waals surface area contributed by atoms with E-state index in [1.54, 1.807) is 6.21 Å². The van der Waals surface area contributed by atoms with Gasteiger partial charge in [0.05, 0.1) is 11.1 Å². The Morgan fingerprint density at radius 2 is 2.16 bits per heavy atom. The molecule has 1 N–H and O–H groups in total. The lowest BCUT2D eigenvalue weighted by Gasteiger charge is -2.04. The number of fused-ring (bicyclic) bond motifs is 1. The molecule has 0 aliphatic carbocycles. The second kappa shape index (κ2) is 6.96. The number of nitro groups is 1. The van der Waals surface area contributed by atoms with E-state index in [1.165, 1.54) is 18.3 Å².